The quantitative estimate of drug-likeness (QED) is 0.805. The van der Waals surface area contributed by atoms with Crippen molar-refractivity contribution in [3.8, 4) is 0 Å². The van der Waals surface area contributed by atoms with Gasteiger partial charge >= 0.3 is 0 Å². The number of pyridine rings is 1. The lowest BCUT2D eigenvalue weighted by atomic mass is 10.0. The van der Waals surface area contributed by atoms with Gasteiger partial charge in [-0.2, -0.15) is 0 Å². The van der Waals surface area contributed by atoms with Gasteiger partial charge < -0.3 is 0 Å². The Kier molecular flexibility index (Phi) is 4.97. The number of benzene rings is 1. The van der Waals surface area contributed by atoms with Gasteiger partial charge in [-0.1, -0.05) is 29.3 Å². The number of carbonyl (C=O) groups excluding carboxylic acids is 1. The van der Waals surface area contributed by atoms with Crippen molar-refractivity contribution >= 4 is 44.9 Å². The Morgan fingerprint density at radius 2 is 1.79 bits per heavy atom. The Morgan fingerprint density at radius 1 is 1.05 bits per heavy atom. The highest BCUT2D eigenvalue weighted by molar-refractivity contribution is 9.10. The van der Waals surface area contributed by atoms with Crippen LogP contribution < -0.4 is 0 Å². The molecule has 0 atom stereocenters. The van der Waals surface area contributed by atoms with Gasteiger partial charge in [0.25, 0.3) is 0 Å². The topological polar surface area (TPSA) is 30.0 Å². The molecule has 5 heteroatoms. The van der Waals surface area contributed by atoms with Crippen LogP contribution in [-0.2, 0) is 17.6 Å². The van der Waals surface area contributed by atoms with Crippen molar-refractivity contribution in [3.05, 3.63) is 62.3 Å². The molecule has 0 saturated carbocycles. The Hall–Kier alpha value is -0.900. The predicted octanol–water partition coefficient (Wildman–Crippen LogP) is 4.51. The summed E-state index contributed by atoms with van der Waals surface area (Å²) in [7, 11) is 0. The van der Waals surface area contributed by atoms with Gasteiger partial charge in [-0.05, 0) is 45.3 Å². The van der Waals surface area contributed by atoms with Gasteiger partial charge in [-0.15, -0.1) is 0 Å². The monoisotopic (exact) mass is 357 g/mol. The van der Waals surface area contributed by atoms with Crippen LogP contribution in [0.1, 0.15) is 11.1 Å². The summed E-state index contributed by atoms with van der Waals surface area (Å²) in [6.07, 6.45) is 4.07. The molecule has 0 aliphatic heterocycles. The van der Waals surface area contributed by atoms with Crippen LogP contribution in [0.3, 0.4) is 0 Å². The summed E-state index contributed by atoms with van der Waals surface area (Å²) >= 11 is 15.1. The minimum Gasteiger partial charge on any atom is -0.299 e. The Labute approximate surface area is 129 Å². The zero-order valence-corrected chi connectivity index (χ0v) is 13.0. The molecule has 2 rings (SSSR count). The van der Waals surface area contributed by atoms with E-state index in [0.717, 1.165) is 15.6 Å². The number of rotatable bonds is 4. The number of Topliss-reactive ketones (excluding diaryl/α,β-unsaturated/α-hetero) is 1. The molecule has 1 aromatic heterocycles. The molecule has 98 valence electrons. The maximum Gasteiger partial charge on any atom is 0.141 e. The van der Waals surface area contributed by atoms with Crippen LogP contribution in [0.5, 0.6) is 0 Å². The normalized spacial score (nSPS) is 10.5. The first-order valence-electron chi connectivity index (χ1n) is 5.59. The molecule has 0 aliphatic carbocycles. The van der Waals surface area contributed by atoms with Gasteiger partial charge in [-0.3, -0.25) is 9.78 Å². The molecule has 0 radical (unpaired) electrons. The first kappa shape index (κ1) is 14.5. The summed E-state index contributed by atoms with van der Waals surface area (Å²) in [5, 5.41) is 0.963. The van der Waals surface area contributed by atoms with Crippen molar-refractivity contribution in [1.29, 1.82) is 0 Å². The molecule has 19 heavy (non-hydrogen) atoms. The third-order valence-electron chi connectivity index (χ3n) is 2.55. The summed E-state index contributed by atoms with van der Waals surface area (Å²) in [4.78, 5) is 16.0. The lowest BCUT2D eigenvalue weighted by Gasteiger charge is -2.04. The molecule has 2 aromatic rings. The fourth-order valence-corrected chi connectivity index (χ4v) is 2.45. The number of nitrogens with zero attached hydrogens (tertiary/aromatic N) is 1. The van der Waals surface area contributed by atoms with Crippen molar-refractivity contribution in [3.63, 3.8) is 0 Å². The second kappa shape index (κ2) is 6.51. The first-order chi connectivity index (χ1) is 9.04. The third-order valence-corrected chi connectivity index (χ3v) is 3.72. The van der Waals surface area contributed by atoms with Crippen molar-refractivity contribution in [1.82, 2.24) is 4.98 Å². The smallest absolute Gasteiger partial charge is 0.141 e. The van der Waals surface area contributed by atoms with Gasteiger partial charge in [0.2, 0.25) is 0 Å². The van der Waals surface area contributed by atoms with Gasteiger partial charge in [-0.25, -0.2) is 0 Å². The molecular formula is C14H10BrCl2NO. The second-order valence-electron chi connectivity index (χ2n) is 4.15. The maximum absolute atomic E-state index is 12.0. The minimum absolute atomic E-state index is 0.110. The van der Waals surface area contributed by atoms with Gasteiger partial charge in [0.15, 0.2) is 0 Å². The van der Waals surface area contributed by atoms with E-state index in [-0.39, 0.29) is 5.78 Å². The predicted molar refractivity (Wildman–Crippen MR) is 80.8 cm³/mol. The molecule has 0 N–H and O–H groups in total. The van der Waals surface area contributed by atoms with Crippen LogP contribution in [0, 0.1) is 0 Å². The second-order valence-corrected chi connectivity index (χ2v) is 5.88. The van der Waals surface area contributed by atoms with Crippen LogP contribution in [0.4, 0.5) is 0 Å². The van der Waals surface area contributed by atoms with E-state index in [9.17, 15) is 4.79 Å². The highest BCUT2D eigenvalue weighted by Crippen LogP contribution is 2.23. The van der Waals surface area contributed by atoms with E-state index in [2.05, 4.69) is 20.9 Å². The summed E-state index contributed by atoms with van der Waals surface area (Å²) in [5.41, 5.74) is 1.75. The molecule has 0 fully saturated rings. The number of ketones is 1. The van der Waals surface area contributed by atoms with Gasteiger partial charge in [0.1, 0.15) is 5.78 Å². The van der Waals surface area contributed by atoms with Crippen LogP contribution in [0.2, 0.25) is 10.0 Å². The Bertz CT molecular complexity index is 616. The molecule has 1 aromatic carbocycles. The van der Waals surface area contributed by atoms with Crippen molar-refractivity contribution in [2.45, 2.75) is 12.8 Å². The summed E-state index contributed by atoms with van der Waals surface area (Å²) in [6.45, 7) is 0. The number of hydrogen-bond acceptors (Lipinski definition) is 2. The third kappa shape index (κ3) is 4.30. The van der Waals surface area contributed by atoms with E-state index in [1.54, 1.807) is 24.5 Å². The minimum atomic E-state index is 0.110. The summed E-state index contributed by atoms with van der Waals surface area (Å²) in [6, 6.07) is 7.12. The molecule has 0 unspecified atom stereocenters. The van der Waals surface area contributed by atoms with E-state index in [1.807, 2.05) is 12.1 Å². The Balaban J connectivity index is 2.03. The van der Waals surface area contributed by atoms with E-state index < -0.39 is 0 Å². The molecule has 0 saturated heterocycles. The maximum atomic E-state index is 12.0. The molecule has 1 heterocycles. The van der Waals surface area contributed by atoms with E-state index in [4.69, 9.17) is 23.2 Å². The van der Waals surface area contributed by atoms with Gasteiger partial charge in [0, 0.05) is 29.7 Å². The number of carbonyl (C=O) groups is 1. The van der Waals surface area contributed by atoms with Crippen LogP contribution in [-0.4, -0.2) is 10.8 Å². The zero-order valence-electron chi connectivity index (χ0n) is 9.87. The zero-order chi connectivity index (χ0) is 13.8. The fraction of sp³-hybridized carbons (Fsp3) is 0.143. The van der Waals surface area contributed by atoms with Crippen molar-refractivity contribution in [2.75, 3.05) is 0 Å². The van der Waals surface area contributed by atoms with E-state index in [1.165, 1.54) is 0 Å². The molecule has 0 aliphatic rings. The van der Waals surface area contributed by atoms with Crippen molar-refractivity contribution in [2.24, 2.45) is 0 Å². The standard InChI is InChI=1S/C14H10BrCl2NO/c15-11-3-10(7-18-8-11)5-12(19)4-9-1-2-13(16)14(17)6-9/h1-3,6-8H,4-5H2. The van der Waals surface area contributed by atoms with E-state index in [0.29, 0.717) is 22.9 Å². The van der Waals surface area contributed by atoms with Crippen molar-refractivity contribution < 1.29 is 4.79 Å². The fourth-order valence-electron chi connectivity index (χ4n) is 1.72. The largest absolute Gasteiger partial charge is 0.299 e. The van der Waals surface area contributed by atoms with Gasteiger partial charge in [0.05, 0.1) is 10.0 Å². The lowest BCUT2D eigenvalue weighted by molar-refractivity contribution is -0.117. The highest BCUT2D eigenvalue weighted by Gasteiger charge is 2.07. The molecular weight excluding hydrogens is 349 g/mol. The van der Waals surface area contributed by atoms with E-state index >= 15 is 0 Å². The molecule has 0 amide bonds. The number of hydrogen-bond donors (Lipinski definition) is 0. The number of aromatic nitrogens is 1. The Morgan fingerprint density at radius 3 is 2.47 bits per heavy atom. The summed E-state index contributed by atoms with van der Waals surface area (Å²) < 4.78 is 0.868. The number of halogens is 3. The summed E-state index contributed by atoms with van der Waals surface area (Å²) in [5.74, 6) is 0.110. The van der Waals surface area contributed by atoms with Crippen LogP contribution >= 0.6 is 39.1 Å². The SMILES string of the molecule is O=C(Cc1cncc(Br)c1)Cc1ccc(Cl)c(Cl)c1. The first-order valence-corrected chi connectivity index (χ1v) is 7.14. The highest BCUT2D eigenvalue weighted by atomic mass is 79.9. The molecule has 0 bridgehead atoms. The average molecular weight is 359 g/mol. The van der Waals surface area contributed by atoms with Crippen LogP contribution in [0.15, 0.2) is 41.1 Å². The van der Waals surface area contributed by atoms with Crippen LogP contribution in [0.25, 0.3) is 0 Å². The lowest BCUT2D eigenvalue weighted by Crippen LogP contribution is -2.06. The average Bonchev–Trinajstić information content (AvgIpc) is 2.34. The molecule has 2 nitrogen and oxygen atoms in total. The molecule has 0 spiro atoms.